The van der Waals surface area contributed by atoms with Crippen LogP contribution in [0.5, 0.6) is 0 Å². The molecule has 0 aliphatic carbocycles. The minimum absolute atomic E-state index is 0.341. The molecule has 0 aliphatic heterocycles. The van der Waals surface area contributed by atoms with Crippen LogP contribution in [-0.4, -0.2) is 44.1 Å². The van der Waals surface area contributed by atoms with E-state index in [2.05, 4.69) is 20.6 Å². The van der Waals surface area contributed by atoms with Gasteiger partial charge in [-0.15, -0.1) is 5.10 Å². The van der Waals surface area contributed by atoms with Gasteiger partial charge in [-0.3, -0.25) is 0 Å². The second kappa shape index (κ2) is 9.34. The summed E-state index contributed by atoms with van der Waals surface area (Å²) >= 11 is 0. The Bertz CT molecular complexity index is 1160. The molecular weight excluding hydrogens is 392 g/mol. The minimum atomic E-state index is -0.531. The van der Waals surface area contributed by atoms with Crippen LogP contribution in [0.2, 0.25) is 0 Å². The van der Waals surface area contributed by atoms with Crippen LogP contribution in [0, 0.1) is 0 Å². The Balaban J connectivity index is 1.81. The summed E-state index contributed by atoms with van der Waals surface area (Å²) in [5, 5.41) is 11.9. The number of nitrogens with zero attached hydrogens (tertiary/aromatic N) is 5. The molecule has 2 aromatic carbocycles. The predicted molar refractivity (Wildman–Crippen MR) is 118 cm³/mol. The van der Waals surface area contributed by atoms with E-state index in [0.717, 1.165) is 17.5 Å². The van der Waals surface area contributed by atoms with E-state index < -0.39 is 6.04 Å². The van der Waals surface area contributed by atoms with E-state index >= 15 is 0 Å². The number of methoxy groups -OCH3 is 1. The Morgan fingerprint density at radius 2 is 1.77 bits per heavy atom. The molecule has 1 unspecified atom stereocenters. The lowest BCUT2D eigenvalue weighted by molar-refractivity contribution is -0.141. The summed E-state index contributed by atoms with van der Waals surface area (Å²) in [6, 6.07) is 19.2. The van der Waals surface area contributed by atoms with Gasteiger partial charge in [0.1, 0.15) is 6.04 Å². The number of hydrogen-bond donors (Lipinski definition) is 1. The number of fused-ring (bicyclic) bond motifs is 1. The molecule has 8 nitrogen and oxygen atoms in total. The van der Waals surface area contributed by atoms with Crippen molar-refractivity contribution in [3.05, 3.63) is 66.2 Å². The zero-order valence-corrected chi connectivity index (χ0v) is 17.5. The quantitative estimate of drug-likeness (QED) is 0.438. The summed E-state index contributed by atoms with van der Waals surface area (Å²) in [4.78, 5) is 21.7. The normalized spacial score (nSPS) is 11.9. The zero-order chi connectivity index (χ0) is 21.6. The molecule has 0 saturated heterocycles. The number of carbonyl (C=O) groups is 1. The van der Waals surface area contributed by atoms with Crippen LogP contribution >= 0.6 is 0 Å². The minimum Gasteiger partial charge on any atom is -0.467 e. The Morgan fingerprint density at radius 3 is 2.45 bits per heavy atom. The third-order valence-corrected chi connectivity index (χ3v) is 4.94. The molecule has 0 amide bonds. The maximum atomic E-state index is 12.3. The van der Waals surface area contributed by atoms with Crippen LogP contribution < -0.4 is 5.32 Å². The van der Waals surface area contributed by atoms with E-state index in [1.165, 1.54) is 7.11 Å². The van der Waals surface area contributed by atoms with Crippen LogP contribution in [-0.2, 0) is 16.1 Å². The first-order chi connectivity index (χ1) is 15.2. The molecule has 0 saturated carbocycles. The van der Waals surface area contributed by atoms with E-state index in [4.69, 9.17) is 9.72 Å². The molecule has 0 fully saturated rings. The van der Waals surface area contributed by atoms with Gasteiger partial charge in [0.25, 0.3) is 0 Å². The summed E-state index contributed by atoms with van der Waals surface area (Å²) in [5.41, 5.74) is 3.06. The van der Waals surface area contributed by atoms with Gasteiger partial charge in [-0.05, 0) is 12.0 Å². The molecule has 8 heteroatoms. The van der Waals surface area contributed by atoms with E-state index in [9.17, 15) is 4.79 Å². The number of carbonyl (C=O) groups excluding carboxylic acids is 1. The zero-order valence-electron chi connectivity index (χ0n) is 17.5. The third-order valence-electron chi connectivity index (χ3n) is 4.94. The summed E-state index contributed by atoms with van der Waals surface area (Å²) in [6.07, 6.45) is 1.42. The van der Waals surface area contributed by atoms with Gasteiger partial charge in [-0.1, -0.05) is 79.2 Å². The lowest BCUT2D eigenvalue weighted by Crippen LogP contribution is -2.31. The van der Waals surface area contributed by atoms with Gasteiger partial charge in [0.05, 0.1) is 13.7 Å². The van der Waals surface area contributed by atoms with Crippen LogP contribution in [0.1, 0.15) is 25.3 Å². The standard InChI is InChI=1S/C23H24N6O2/c1-3-10-18(23(30)31-2)24-21-19-22(26-20(25-21)17-13-8-5-9-14-17)29(28-27-19)15-16-11-6-4-7-12-16/h4-9,11-14,18H,3,10,15H2,1-2H3,(H,24,25,26). The van der Waals surface area contributed by atoms with Gasteiger partial charge in [-0.25, -0.2) is 19.4 Å². The molecule has 0 spiro atoms. The lowest BCUT2D eigenvalue weighted by atomic mass is 10.1. The van der Waals surface area contributed by atoms with Crippen molar-refractivity contribution in [3.8, 4) is 11.4 Å². The van der Waals surface area contributed by atoms with Gasteiger partial charge in [0.15, 0.2) is 22.8 Å². The first-order valence-corrected chi connectivity index (χ1v) is 10.2. The van der Waals surface area contributed by atoms with Crippen LogP contribution in [0.15, 0.2) is 60.7 Å². The van der Waals surface area contributed by atoms with E-state index in [1.807, 2.05) is 67.6 Å². The van der Waals surface area contributed by atoms with Crippen molar-refractivity contribution < 1.29 is 9.53 Å². The molecule has 0 bridgehead atoms. The molecule has 2 heterocycles. The van der Waals surface area contributed by atoms with E-state index in [-0.39, 0.29) is 5.97 Å². The highest BCUT2D eigenvalue weighted by molar-refractivity contribution is 5.87. The maximum Gasteiger partial charge on any atom is 0.328 e. The maximum absolute atomic E-state index is 12.3. The van der Waals surface area contributed by atoms with Gasteiger partial charge < -0.3 is 10.1 Å². The Labute approximate surface area is 180 Å². The van der Waals surface area contributed by atoms with E-state index in [1.54, 1.807) is 4.68 Å². The fraction of sp³-hybridized carbons (Fsp3) is 0.261. The molecule has 4 aromatic rings. The molecule has 0 radical (unpaired) electrons. The number of aromatic nitrogens is 5. The van der Waals surface area contributed by atoms with Gasteiger partial charge in [0, 0.05) is 5.56 Å². The second-order valence-corrected chi connectivity index (χ2v) is 7.18. The van der Waals surface area contributed by atoms with Crippen LogP contribution in [0.25, 0.3) is 22.6 Å². The van der Waals surface area contributed by atoms with Gasteiger partial charge in [-0.2, -0.15) is 0 Å². The third kappa shape index (κ3) is 4.53. The first kappa shape index (κ1) is 20.5. The van der Waals surface area contributed by atoms with Crippen molar-refractivity contribution in [2.24, 2.45) is 0 Å². The number of nitrogens with one attached hydrogen (secondary N) is 1. The average Bonchev–Trinajstić information content (AvgIpc) is 3.22. The van der Waals surface area contributed by atoms with Gasteiger partial charge in [0.2, 0.25) is 0 Å². The number of benzene rings is 2. The van der Waals surface area contributed by atoms with Crippen molar-refractivity contribution in [1.82, 2.24) is 25.0 Å². The number of hydrogen-bond acceptors (Lipinski definition) is 7. The summed E-state index contributed by atoms with van der Waals surface area (Å²) in [6.45, 7) is 2.54. The number of rotatable bonds is 8. The van der Waals surface area contributed by atoms with Gasteiger partial charge >= 0.3 is 5.97 Å². The topological polar surface area (TPSA) is 94.8 Å². The molecule has 158 valence electrons. The number of anilines is 1. The molecule has 0 aliphatic rings. The Morgan fingerprint density at radius 1 is 1.06 bits per heavy atom. The number of ether oxygens (including phenoxy) is 1. The largest absolute Gasteiger partial charge is 0.467 e. The summed E-state index contributed by atoms with van der Waals surface area (Å²) < 4.78 is 6.71. The molecule has 1 N–H and O–H groups in total. The monoisotopic (exact) mass is 416 g/mol. The summed E-state index contributed by atoms with van der Waals surface area (Å²) in [7, 11) is 1.38. The highest BCUT2D eigenvalue weighted by Crippen LogP contribution is 2.25. The van der Waals surface area contributed by atoms with Crippen molar-refractivity contribution >= 4 is 23.0 Å². The number of esters is 1. The lowest BCUT2D eigenvalue weighted by Gasteiger charge is -2.17. The van der Waals surface area contributed by atoms with Crippen molar-refractivity contribution in [1.29, 1.82) is 0 Å². The van der Waals surface area contributed by atoms with Crippen molar-refractivity contribution in [2.75, 3.05) is 12.4 Å². The summed E-state index contributed by atoms with van der Waals surface area (Å²) in [5.74, 6) is 0.658. The van der Waals surface area contributed by atoms with Crippen LogP contribution in [0.3, 0.4) is 0 Å². The second-order valence-electron chi connectivity index (χ2n) is 7.18. The SMILES string of the molecule is CCCC(Nc1nc(-c2ccccc2)nc2c1nnn2Cc1ccccc1)C(=O)OC. The molecule has 1 atom stereocenters. The van der Waals surface area contributed by atoms with Crippen molar-refractivity contribution in [2.45, 2.75) is 32.4 Å². The molecule has 31 heavy (non-hydrogen) atoms. The highest BCUT2D eigenvalue weighted by atomic mass is 16.5. The van der Waals surface area contributed by atoms with Crippen molar-refractivity contribution in [3.63, 3.8) is 0 Å². The molecular formula is C23H24N6O2. The Kier molecular flexibility index (Phi) is 6.16. The predicted octanol–water partition coefficient (Wildman–Crippen LogP) is 3.69. The fourth-order valence-corrected chi connectivity index (χ4v) is 3.38. The van der Waals surface area contributed by atoms with Crippen LogP contribution in [0.4, 0.5) is 5.82 Å². The van der Waals surface area contributed by atoms with E-state index in [0.29, 0.717) is 35.8 Å². The fourth-order valence-electron chi connectivity index (χ4n) is 3.38. The first-order valence-electron chi connectivity index (χ1n) is 10.2. The Hall–Kier alpha value is -3.81. The highest BCUT2D eigenvalue weighted by Gasteiger charge is 2.23. The molecule has 2 aromatic heterocycles. The average molecular weight is 416 g/mol. The molecule has 4 rings (SSSR count). The smallest absolute Gasteiger partial charge is 0.328 e.